The van der Waals surface area contributed by atoms with Crippen molar-refractivity contribution in [1.29, 1.82) is 0 Å². The molecular formula is C19H21N3O2. The number of rotatable bonds is 5. The largest absolute Gasteiger partial charge is 0.324 e. The molecule has 0 spiro atoms. The van der Waals surface area contributed by atoms with Gasteiger partial charge in [-0.2, -0.15) is 0 Å². The maximum atomic E-state index is 12.5. The van der Waals surface area contributed by atoms with Crippen molar-refractivity contribution in [3.63, 3.8) is 0 Å². The van der Waals surface area contributed by atoms with Crippen molar-refractivity contribution in [2.45, 2.75) is 12.8 Å². The number of carbonyl (C=O) groups is 2. The molecule has 1 aliphatic rings. The van der Waals surface area contributed by atoms with Crippen LogP contribution in [0.3, 0.4) is 0 Å². The molecule has 0 unspecified atom stereocenters. The van der Waals surface area contributed by atoms with Crippen LogP contribution in [0.1, 0.15) is 23.2 Å². The summed E-state index contributed by atoms with van der Waals surface area (Å²) in [6.45, 7) is 2.29. The van der Waals surface area contributed by atoms with Crippen LogP contribution < -0.4 is 10.6 Å². The van der Waals surface area contributed by atoms with Gasteiger partial charge < -0.3 is 10.6 Å². The molecule has 0 saturated carbocycles. The van der Waals surface area contributed by atoms with Gasteiger partial charge in [0, 0.05) is 5.69 Å². The predicted octanol–water partition coefficient (Wildman–Crippen LogP) is 2.97. The van der Waals surface area contributed by atoms with Crippen molar-refractivity contribution in [2.75, 3.05) is 30.3 Å². The number of para-hydroxylation sites is 2. The summed E-state index contributed by atoms with van der Waals surface area (Å²) in [7, 11) is 0. The van der Waals surface area contributed by atoms with Crippen LogP contribution in [0.2, 0.25) is 0 Å². The third kappa shape index (κ3) is 4.20. The lowest BCUT2D eigenvalue weighted by molar-refractivity contribution is -0.117. The van der Waals surface area contributed by atoms with E-state index in [2.05, 4.69) is 15.5 Å². The first kappa shape index (κ1) is 16.2. The van der Waals surface area contributed by atoms with E-state index in [1.165, 1.54) is 0 Å². The van der Waals surface area contributed by atoms with E-state index in [1.807, 2.05) is 36.4 Å². The van der Waals surface area contributed by atoms with E-state index >= 15 is 0 Å². The topological polar surface area (TPSA) is 61.4 Å². The van der Waals surface area contributed by atoms with E-state index in [1.54, 1.807) is 18.2 Å². The highest BCUT2D eigenvalue weighted by molar-refractivity contribution is 6.10. The van der Waals surface area contributed by atoms with Crippen LogP contribution in [0.5, 0.6) is 0 Å². The summed E-state index contributed by atoms with van der Waals surface area (Å²) in [5.74, 6) is -0.324. The van der Waals surface area contributed by atoms with Gasteiger partial charge in [-0.25, -0.2) is 0 Å². The van der Waals surface area contributed by atoms with Gasteiger partial charge in [0.25, 0.3) is 5.91 Å². The Labute approximate surface area is 141 Å². The van der Waals surface area contributed by atoms with Crippen LogP contribution in [0.15, 0.2) is 54.6 Å². The van der Waals surface area contributed by atoms with Crippen LogP contribution in [0, 0.1) is 0 Å². The summed E-state index contributed by atoms with van der Waals surface area (Å²) in [6, 6.07) is 16.3. The van der Waals surface area contributed by atoms with E-state index in [0.717, 1.165) is 31.6 Å². The van der Waals surface area contributed by atoms with Crippen LogP contribution >= 0.6 is 0 Å². The number of likely N-dealkylation sites (tertiary alicyclic amines) is 1. The molecule has 0 aromatic heterocycles. The molecule has 1 fully saturated rings. The van der Waals surface area contributed by atoms with E-state index in [0.29, 0.717) is 17.8 Å². The highest BCUT2D eigenvalue weighted by Gasteiger charge is 2.17. The number of nitrogens with one attached hydrogen (secondary N) is 2. The molecule has 1 heterocycles. The summed E-state index contributed by atoms with van der Waals surface area (Å²) in [6.07, 6.45) is 2.28. The second kappa shape index (κ2) is 7.75. The number of benzene rings is 2. The standard InChI is InChI=1S/C19H21N3O2/c23-18(14-22-12-6-7-13-22)21-17-11-5-4-10-16(17)19(24)20-15-8-2-1-3-9-15/h1-5,8-11H,6-7,12-14H2,(H,20,24)(H,21,23). The van der Waals surface area contributed by atoms with Crippen LogP contribution in [0.25, 0.3) is 0 Å². The first-order valence-corrected chi connectivity index (χ1v) is 8.20. The number of amides is 2. The Bertz CT molecular complexity index is 710. The zero-order chi connectivity index (χ0) is 16.8. The average Bonchev–Trinajstić information content (AvgIpc) is 3.09. The van der Waals surface area contributed by atoms with E-state index in [9.17, 15) is 9.59 Å². The molecule has 2 N–H and O–H groups in total. The fourth-order valence-electron chi connectivity index (χ4n) is 2.84. The molecule has 2 aromatic rings. The molecule has 0 atom stereocenters. The van der Waals surface area contributed by atoms with Crippen LogP contribution in [-0.2, 0) is 4.79 Å². The third-order valence-electron chi connectivity index (χ3n) is 4.04. The van der Waals surface area contributed by atoms with Gasteiger partial charge in [-0.05, 0) is 50.2 Å². The molecule has 3 rings (SSSR count). The van der Waals surface area contributed by atoms with Gasteiger partial charge in [-0.15, -0.1) is 0 Å². The Morgan fingerprint density at radius 3 is 2.29 bits per heavy atom. The zero-order valence-corrected chi connectivity index (χ0v) is 13.5. The van der Waals surface area contributed by atoms with Crippen LogP contribution in [0.4, 0.5) is 11.4 Å². The highest BCUT2D eigenvalue weighted by atomic mass is 16.2. The van der Waals surface area contributed by atoms with Crippen molar-refractivity contribution < 1.29 is 9.59 Å². The first-order chi connectivity index (χ1) is 11.7. The maximum Gasteiger partial charge on any atom is 0.257 e. The van der Waals surface area contributed by atoms with E-state index < -0.39 is 0 Å². The summed E-state index contributed by atoms with van der Waals surface area (Å²) in [5.41, 5.74) is 1.71. The molecule has 0 aliphatic carbocycles. The fourth-order valence-corrected chi connectivity index (χ4v) is 2.84. The average molecular weight is 323 g/mol. The molecule has 24 heavy (non-hydrogen) atoms. The lowest BCUT2D eigenvalue weighted by Crippen LogP contribution is -2.31. The molecule has 124 valence electrons. The quantitative estimate of drug-likeness (QED) is 0.889. The lowest BCUT2D eigenvalue weighted by Gasteiger charge is -2.15. The summed E-state index contributed by atoms with van der Waals surface area (Å²) < 4.78 is 0. The Balaban J connectivity index is 1.68. The lowest BCUT2D eigenvalue weighted by atomic mass is 10.1. The maximum absolute atomic E-state index is 12.5. The molecule has 2 aromatic carbocycles. The van der Waals surface area contributed by atoms with Crippen molar-refractivity contribution in [3.05, 3.63) is 60.2 Å². The zero-order valence-electron chi connectivity index (χ0n) is 13.5. The highest BCUT2D eigenvalue weighted by Crippen LogP contribution is 2.18. The van der Waals surface area contributed by atoms with Crippen molar-refractivity contribution in [2.24, 2.45) is 0 Å². The SMILES string of the molecule is O=C(CN1CCCC1)Nc1ccccc1C(=O)Nc1ccccc1. The minimum absolute atomic E-state index is 0.0862. The van der Waals surface area contributed by atoms with Gasteiger partial charge in [0.1, 0.15) is 0 Å². The molecule has 1 saturated heterocycles. The second-order valence-electron chi connectivity index (χ2n) is 5.90. The normalized spacial score (nSPS) is 14.3. The Hall–Kier alpha value is -2.66. The Kier molecular flexibility index (Phi) is 5.23. The van der Waals surface area contributed by atoms with Gasteiger partial charge in [0.05, 0.1) is 17.8 Å². The molecule has 2 amide bonds. The monoisotopic (exact) mass is 323 g/mol. The van der Waals surface area contributed by atoms with Gasteiger partial charge in [0.2, 0.25) is 5.91 Å². The molecule has 0 bridgehead atoms. The number of hydrogen-bond acceptors (Lipinski definition) is 3. The minimum atomic E-state index is -0.238. The van der Waals surface area contributed by atoms with Crippen molar-refractivity contribution in [1.82, 2.24) is 4.90 Å². The van der Waals surface area contributed by atoms with Gasteiger partial charge >= 0.3 is 0 Å². The van der Waals surface area contributed by atoms with Crippen molar-refractivity contribution >= 4 is 23.2 Å². The second-order valence-corrected chi connectivity index (χ2v) is 5.90. The van der Waals surface area contributed by atoms with E-state index in [4.69, 9.17) is 0 Å². The molecule has 0 radical (unpaired) electrons. The summed E-state index contributed by atoms with van der Waals surface area (Å²) in [4.78, 5) is 26.8. The van der Waals surface area contributed by atoms with Gasteiger partial charge in [-0.3, -0.25) is 14.5 Å². The molecular weight excluding hydrogens is 302 g/mol. The van der Waals surface area contributed by atoms with Gasteiger partial charge in [-0.1, -0.05) is 30.3 Å². The Morgan fingerprint density at radius 1 is 0.875 bits per heavy atom. The number of carbonyl (C=O) groups excluding carboxylic acids is 2. The molecule has 5 heteroatoms. The number of nitrogens with zero attached hydrogens (tertiary/aromatic N) is 1. The van der Waals surface area contributed by atoms with Gasteiger partial charge in [0.15, 0.2) is 0 Å². The summed E-state index contributed by atoms with van der Waals surface area (Å²) >= 11 is 0. The van der Waals surface area contributed by atoms with E-state index in [-0.39, 0.29) is 11.8 Å². The minimum Gasteiger partial charge on any atom is -0.324 e. The Morgan fingerprint density at radius 2 is 1.54 bits per heavy atom. The number of hydrogen-bond donors (Lipinski definition) is 2. The van der Waals surface area contributed by atoms with Crippen LogP contribution in [-0.4, -0.2) is 36.3 Å². The smallest absolute Gasteiger partial charge is 0.257 e. The third-order valence-corrected chi connectivity index (χ3v) is 4.04. The molecule has 1 aliphatic heterocycles. The predicted molar refractivity (Wildman–Crippen MR) is 95.1 cm³/mol. The molecule has 5 nitrogen and oxygen atoms in total. The first-order valence-electron chi connectivity index (χ1n) is 8.20. The number of anilines is 2. The fraction of sp³-hybridized carbons (Fsp3) is 0.263. The summed E-state index contributed by atoms with van der Waals surface area (Å²) in [5, 5.41) is 5.71. The van der Waals surface area contributed by atoms with Crippen molar-refractivity contribution in [3.8, 4) is 0 Å².